The van der Waals surface area contributed by atoms with Crippen molar-refractivity contribution in [2.24, 2.45) is 29.1 Å². The third-order valence-corrected chi connectivity index (χ3v) is 8.66. The summed E-state index contributed by atoms with van der Waals surface area (Å²) in [6.45, 7) is 3.73. The van der Waals surface area contributed by atoms with Crippen LogP contribution in [0.1, 0.15) is 57.9 Å². The van der Waals surface area contributed by atoms with Crippen LogP contribution >= 0.6 is 0 Å². The Hall–Kier alpha value is -2.83. The second kappa shape index (κ2) is 9.32. The Morgan fingerprint density at radius 3 is 2.26 bits per heavy atom. The minimum atomic E-state index is -0.777. The van der Waals surface area contributed by atoms with E-state index in [-0.39, 0.29) is 23.1 Å². The molecule has 4 saturated carbocycles. The van der Waals surface area contributed by atoms with E-state index >= 15 is 0 Å². The largest absolute Gasteiger partial charge is 0.467 e. The van der Waals surface area contributed by atoms with Gasteiger partial charge in [-0.1, -0.05) is 32.0 Å². The summed E-state index contributed by atoms with van der Waals surface area (Å²) >= 11 is 0. The third-order valence-electron chi connectivity index (χ3n) is 8.66. The molecule has 3 N–H and O–H groups in total. The van der Waals surface area contributed by atoms with E-state index in [4.69, 9.17) is 4.74 Å². The van der Waals surface area contributed by atoms with Gasteiger partial charge < -0.3 is 20.4 Å². The van der Waals surface area contributed by atoms with Gasteiger partial charge in [0.05, 0.1) is 7.11 Å². The molecular weight excluding hydrogens is 442 g/mol. The first-order valence-electron chi connectivity index (χ1n) is 13.0. The molecule has 0 aliphatic heterocycles. The molecule has 2 amide bonds. The Balaban J connectivity index is 1.40. The summed E-state index contributed by atoms with van der Waals surface area (Å²) in [4.78, 5) is 43.0. The van der Waals surface area contributed by atoms with Gasteiger partial charge in [-0.2, -0.15) is 0 Å². The molecule has 4 fully saturated rings. The summed E-state index contributed by atoms with van der Waals surface area (Å²) < 4.78 is 4.92. The average Bonchev–Trinajstić information content (AvgIpc) is 3.23. The van der Waals surface area contributed by atoms with Crippen molar-refractivity contribution in [3.05, 3.63) is 36.0 Å². The normalized spacial score (nSPS) is 28.6. The van der Waals surface area contributed by atoms with Gasteiger partial charge in [-0.15, -0.1) is 0 Å². The number of nitrogens with one attached hydrogen (secondary N) is 3. The molecular formula is C28H37N3O4. The number of esters is 1. The molecule has 0 spiro atoms. The number of para-hydroxylation sites is 1. The Labute approximate surface area is 206 Å². The zero-order valence-electron chi connectivity index (χ0n) is 20.9. The highest BCUT2D eigenvalue weighted by Crippen LogP contribution is 2.60. The van der Waals surface area contributed by atoms with Gasteiger partial charge in [0.15, 0.2) is 0 Å². The number of hydrogen-bond donors (Lipinski definition) is 3. The minimum absolute atomic E-state index is 0.00996. The number of amides is 2. The molecule has 0 saturated heterocycles. The number of carbonyl (C=O) groups excluding carboxylic acids is 3. The number of hydrogen-bond acceptors (Lipinski definition) is 4. The fourth-order valence-electron chi connectivity index (χ4n) is 7.31. The molecule has 2 atom stereocenters. The average molecular weight is 480 g/mol. The minimum Gasteiger partial charge on any atom is -0.467 e. The van der Waals surface area contributed by atoms with Gasteiger partial charge in [-0.25, -0.2) is 4.79 Å². The van der Waals surface area contributed by atoms with E-state index < -0.39 is 18.1 Å². The predicted octanol–water partition coefficient (Wildman–Crippen LogP) is 3.73. The van der Waals surface area contributed by atoms with Gasteiger partial charge in [0.25, 0.3) is 0 Å². The summed E-state index contributed by atoms with van der Waals surface area (Å²) in [5.74, 6) is 0.950. The SMILES string of the molecule is COC(=O)[C@H](NC(=O)[C@H](Cc1c[nH]c2ccccc12)NC(=O)C12CC3CC(CC(C3)C1)C2)C(C)C. The van der Waals surface area contributed by atoms with E-state index in [0.29, 0.717) is 24.2 Å². The molecule has 1 aromatic carbocycles. The maximum Gasteiger partial charge on any atom is 0.328 e. The number of aromatic amines is 1. The smallest absolute Gasteiger partial charge is 0.328 e. The highest BCUT2D eigenvalue weighted by atomic mass is 16.5. The number of aromatic nitrogens is 1. The van der Waals surface area contributed by atoms with Crippen LogP contribution in [0.3, 0.4) is 0 Å². The molecule has 7 nitrogen and oxygen atoms in total. The fraction of sp³-hybridized carbons (Fsp3) is 0.607. The topological polar surface area (TPSA) is 100 Å². The molecule has 1 heterocycles. The molecule has 1 aromatic heterocycles. The molecule has 4 aliphatic rings. The van der Waals surface area contributed by atoms with Crippen LogP contribution in [-0.2, 0) is 25.5 Å². The van der Waals surface area contributed by atoms with E-state index in [1.54, 1.807) is 0 Å². The summed E-state index contributed by atoms with van der Waals surface area (Å²) in [7, 11) is 1.32. The van der Waals surface area contributed by atoms with Crippen LogP contribution in [0.25, 0.3) is 10.9 Å². The number of H-pyrrole nitrogens is 1. The van der Waals surface area contributed by atoms with E-state index in [1.165, 1.54) is 26.4 Å². The van der Waals surface area contributed by atoms with Crippen molar-refractivity contribution in [1.29, 1.82) is 0 Å². The summed E-state index contributed by atoms with van der Waals surface area (Å²) in [5.41, 5.74) is 1.60. The van der Waals surface area contributed by atoms with Crippen LogP contribution in [0.4, 0.5) is 0 Å². The maximum absolute atomic E-state index is 13.8. The maximum atomic E-state index is 13.8. The molecule has 4 aliphatic carbocycles. The van der Waals surface area contributed by atoms with Crippen LogP contribution in [-0.4, -0.2) is 42.0 Å². The van der Waals surface area contributed by atoms with E-state index in [2.05, 4.69) is 15.6 Å². The number of carbonyl (C=O) groups is 3. The second-order valence-electron chi connectivity index (χ2n) is 11.5. The first kappa shape index (κ1) is 23.9. The second-order valence-corrected chi connectivity index (χ2v) is 11.5. The third kappa shape index (κ3) is 4.57. The Bertz CT molecular complexity index is 1090. The zero-order chi connectivity index (χ0) is 24.7. The predicted molar refractivity (Wildman–Crippen MR) is 133 cm³/mol. The van der Waals surface area contributed by atoms with Crippen LogP contribution in [0.5, 0.6) is 0 Å². The Morgan fingerprint density at radius 1 is 1.03 bits per heavy atom. The quantitative estimate of drug-likeness (QED) is 0.502. The van der Waals surface area contributed by atoms with Crippen molar-refractivity contribution in [3.63, 3.8) is 0 Å². The molecule has 0 unspecified atom stereocenters. The number of rotatable bonds is 8. The van der Waals surface area contributed by atoms with Crippen molar-refractivity contribution in [1.82, 2.24) is 15.6 Å². The molecule has 2 aromatic rings. The van der Waals surface area contributed by atoms with Gasteiger partial charge in [-0.3, -0.25) is 9.59 Å². The first-order valence-corrected chi connectivity index (χ1v) is 13.0. The molecule has 188 valence electrons. The van der Waals surface area contributed by atoms with Crippen molar-refractivity contribution in [2.45, 2.75) is 70.9 Å². The summed E-state index contributed by atoms with van der Waals surface area (Å²) in [5, 5.41) is 7.06. The first-order chi connectivity index (χ1) is 16.8. The van der Waals surface area contributed by atoms with Crippen LogP contribution < -0.4 is 10.6 Å². The standard InChI is InChI=1S/C28H37N3O4/c1-16(2)24(26(33)35-3)31-25(32)23(11-20-15-29-22-7-5-4-6-21(20)22)30-27(34)28-12-17-8-18(13-28)10-19(9-17)14-28/h4-7,15-19,23-24,29H,8-14H2,1-3H3,(H,30,34)(H,31,32)/t17?,18?,19?,23-,24+,28?/m0/s1. The van der Waals surface area contributed by atoms with E-state index in [9.17, 15) is 14.4 Å². The summed E-state index contributed by atoms with van der Waals surface area (Å²) in [6, 6.07) is 6.39. The van der Waals surface area contributed by atoms with Crippen molar-refractivity contribution in [3.8, 4) is 0 Å². The lowest BCUT2D eigenvalue weighted by molar-refractivity contribution is -0.149. The number of benzene rings is 1. The van der Waals surface area contributed by atoms with Gasteiger partial charge in [0, 0.05) is 28.9 Å². The van der Waals surface area contributed by atoms with Gasteiger partial charge >= 0.3 is 5.97 Å². The Kier molecular flexibility index (Phi) is 6.36. The van der Waals surface area contributed by atoms with Gasteiger partial charge in [0.2, 0.25) is 11.8 Å². The van der Waals surface area contributed by atoms with Gasteiger partial charge in [-0.05, 0) is 73.8 Å². The zero-order valence-corrected chi connectivity index (χ0v) is 20.9. The Morgan fingerprint density at radius 2 is 1.66 bits per heavy atom. The lowest BCUT2D eigenvalue weighted by Gasteiger charge is -2.55. The van der Waals surface area contributed by atoms with Crippen molar-refractivity contribution in [2.75, 3.05) is 7.11 Å². The van der Waals surface area contributed by atoms with E-state index in [0.717, 1.165) is 35.7 Å². The summed E-state index contributed by atoms with van der Waals surface area (Å²) in [6.07, 6.45) is 8.81. The fourth-order valence-corrected chi connectivity index (χ4v) is 7.31. The van der Waals surface area contributed by atoms with Crippen molar-refractivity contribution >= 4 is 28.7 Å². The lowest BCUT2D eigenvalue weighted by atomic mass is 9.49. The monoisotopic (exact) mass is 479 g/mol. The molecule has 0 radical (unpaired) electrons. The van der Waals surface area contributed by atoms with Crippen LogP contribution in [0.15, 0.2) is 30.5 Å². The highest BCUT2D eigenvalue weighted by molar-refractivity contribution is 5.93. The number of ether oxygens (including phenoxy) is 1. The number of methoxy groups -OCH3 is 1. The van der Waals surface area contributed by atoms with Crippen LogP contribution in [0, 0.1) is 29.1 Å². The van der Waals surface area contributed by atoms with E-state index in [1.807, 2.05) is 44.3 Å². The highest BCUT2D eigenvalue weighted by Gasteiger charge is 2.55. The lowest BCUT2D eigenvalue weighted by Crippen LogP contribution is -2.59. The number of fused-ring (bicyclic) bond motifs is 1. The molecule has 7 heteroatoms. The molecule has 4 bridgehead atoms. The van der Waals surface area contributed by atoms with Gasteiger partial charge in [0.1, 0.15) is 12.1 Å². The molecule has 6 rings (SSSR count). The molecule has 35 heavy (non-hydrogen) atoms. The van der Waals surface area contributed by atoms with Crippen molar-refractivity contribution < 1.29 is 19.1 Å². The van der Waals surface area contributed by atoms with Crippen LogP contribution in [0.2, 0.25) is 0 Å².